The minimum Gasteiger partial charge on any atom is -0.466 e. The molecule has 0 aromatic heterocycles. The fourth-order valence-corrected chi connectivity index (χ4v) is 10.6. The zero-order valence-electron chi connectivity index (χ0n) is 51.3. The second kappa shape index (κ2) is 57.7. The van der Waals surface area contributed by atoms with Crippen LogP contribution in [-0.4, -0.2) is 100 Å². The van der Waals surface area contributed by atoms with Gasteiger partial charge in [0.2, 0.25) is 5.91 Å². The van der Waals surface area contributed by atoms with E-state index in [1.807, 2.05) is 6.08 Å². The van der Waals surface area contributed by atoms with Crippen molar-refractivity contribution in [2.45, 2.75) is 365 Å². The van der Waals surface area contributed by atoms with Gasteiger partial charge < -0.3 is 45.1 Å². The minimum absolute atomic E-state index is 0.00437. The number of aliphatic hydroxyl groups excluding tert-OH is 5. The summed E-state index contributed by atoms with van der Waals surface area (Å²) in [7, 11) is 0. The summed E-state index contributed by atoms with van der Waals surface area (Å²) in [5, 5.41) is 54.4. The Kier molecular flexibility index (Phi) is 54.7. The lowest BCUT2D eigenvalue weighted by atomic mass is 9.99. The lowest BCUT2D eigenvalue weighted by Gasteiger charge is -2.40. The highest BCUT2D eigenvalue weighted by Gasteiger charge is 2.44. The Labute approximate surface area is 485 Å². The molecule has 464 valence electrons. The van der Waals surface area contributed by atoms with Crippen LogP contribution in [0.2, 0.25) is 0 Å². The number of ether oxygens (including phenoxy) is 3. The number of hydrogen-bond donors (Lipinski definition) is 6. The van der Waals surface area contributed by atoms with Crippen molar-refractivity contribution in [2.24, 2.45) is 0 Å². The quantitative estimate of drug-likeness (QED) is 0.0195. The molecule has 0 aromatic carbocycles. The number of carbonyl (C=O) groups excluding carboxylic acids is 2. The maximum Gasteiger partial charge on any atom is 0.305 e. The van der Waals surface area contributed by atoms with Crippen molar-refractivity contribution in [1.29, 1.82) is 0 Å². The molecule has 0 saturated carbocycles. The summed E-state index contributed by atoms with van der Waals surface area (Å²) < 4.78 is 16.7. The van der Waals surface area contributed by atoms with E-state index in [2.05, 4.69) is 43.5 Å². The zero-order valence-corrected chi connectivity index (χ0v) is 51.3. The van der Waals surface area contributed by atoms with Crippen LogP contribution >= 0.6 is 0 Å². The van der Waals surface area contributed by atoms with E-state index in [-0.39, 0.29) is 18.5 Å². The number of rotatable bonds is 59. The van der Waals surface area contributed by atoms with Gasteiger partial charge in [0, 0.05) is 12.8 Å². The second-order valence-electron chi connectivity index (χ2n) is 23.5. The van der Waals surface area contributed by atoms with Crippen LogP contribution in [0, 0.1) is 0 Å². The molecule has 0 aromatic rings. The summed E-state index contributed by atoms with van der Waals surface area (Å²) in [6, 6.07) is -0.809. The predicted molar refractivity (Wildman–Crippen MR) is 329 cm³/mol. The summed E-state index contributed by atoms with van der Waals surface area (Å²) in [5.74, 6) is -0.185. The number of carbonyl (C=O) groups is 2. The Balaban J connectivity index is 1.99. The van der Waals surface area contributed by atoms with E-state index in [1.165, 1.54) is 238 Å². The van der Waals surface area contributed by atoms with Crippen LogP contribution < -0.4 is 5.32 Å². The molecule has 0 radical (unpaired) electrons. The third kappa shape index (κ3) is 47.0. The van der Waals surface area contributed by atoms with Crippen LogP contribution in [0.25, 0.3) is 0 Å². The Morgan fingerprint density at radius 1 is 0.456 bits per heavy atom. The minimum atomic E-state index is -1.57. The Morgan fingerprint density at radius 2 is 0.823 bits per heavy atom. The van der Waals surface area contributed by atoms with E-state index >= 15 is 0 Å². The fraction of sp³-hybridized carbons (Fsp3) is 0.882. The van der Waals surface area contributed by atoms with Gasteiger partial charge in [-0.2, -0.15) is 0 Å². The highest BCUT2D eigenvalue weighted by Crippen LogP contribution is 2.23. The predicted octanol–water partition coefficient (Wildman–Crippen LogP) is 16.6. The van der Waals surface area contributed by atoms with Crippen molar-refractivity contribution in [3.8, 4) is 0 Å². The van der Waals surface area contributed by atoms with Crippen molar-refractivity contribution >= 4 is 11.9 Å². The molecule has 0 spiro atoms. The van der Waals surface area contributed by atoms with Crippen molar-refractivity contribution in [3.63, 3.8) is 0 Å². The first kappa shape index (κ1) is 74.9. The number of aliphatic hydroxyl groups is 5. The normalized spacial score (nSPS) is 18.6. The maximum absolute atomic E-state index is 13.0. The summed E-state index contributed by atoms with van der Waals surface area (Å²) >= 11 is 0. The van der Waals surface area contributed by atoms with Gasteiger partial charge in [0.15, 0.2) is 6.29 Å². The number of unbranched alkanes of at least 4 members (excludes halogenated alkanes) is 41. The second-order valence-corrected chi connectivity index (χ2v) is 23.5. The van der Waals surface area contributed by atoms with Gasteiger partial charge in [-0.05, 0) is 77.0 Å². The molecule has 6 N–H and O–H groups in total. The average molecular weight is 1120 g/mol. The van der Waals surface area contributed by atoms with Gasteiger partial charge in [0.05, 0.1) is 32.0 Å². The molecule has 1 fully saturated rings. The molecule has 0 aliphatic carbocycles. The van der Waals surface area contributed by atoms with E-state index in [1.54, 1.807) is 6.08 Å². The Bertz CT molecular complexity index is 1410. The third-order valence-corrected chi connectivity index (χ3v) is 16.0. The highest BCUT2D eigenvalue weighted by atomic mass is 16.7. The molecule has 7 atom stereocenters. The summed E-state index contributed by atoms with van der Waals surface area (Å²) in [6.45, 7) is 4.32. The lowest BCUT2D eigenvalue weighted by molar-refractivity contribution is -0.302. The van der Waals surface area contributed by atoms with Gasteiger partial charge in [0.1, 0.15) is 24.4 Å². The van der Waals surface area contributed by atoms with Gasteiger partial charge in [-0.15, -0.1) is 0 Å². The highest BCUT2D eigenvalue weighted by molar-refractivity contribution is 5.76. The first-order valence-electron chi connectivity index (χ1n) is 33.8. The largest absolute Gasteiger partial charge is 0.466 e. The van der Waals surface area contributed by atoms with E-state index in [9.17, 15) is 35.1 Å². The van der Waals surface area contributed by atoms with Crippen LogP contribution in [0.5, 0.6) is 0 Å². The van der Waals surface area contributed by atoms with Crippen molar-refractivity contribution in [3.05, 3.63) is 36.5 Å². The first-order valence-corrected chi connectivity index (χ1v) is 33.8. The number of nitrogens with one attached hydrogen (secondary N) is 1. The molecule has 11 heteroatoms. The topological polar surface area (TPSA) is 175 Å². The molecular formula is C68H127NO10. The maximum atomic E-state index is 13.0. The molecular weight excluding hydrogens is 991 g/mol. The molecule has 79 heavy (non-hydrogen) atoms. The molecule has 1 aliphatic heterocycles. The molecule has 1 heterocycles. The third-order valence-electron chi connectivity index (χ3n) is 16.0. The van der Waals surface area contributed by atoms with E-state index < -0.39 is 49.5 Å². The zero-order chi connectivity index (χ0) is 57.3. The number of hydrogen-bond acceptors (Lipinski definition) is 10. The van der Waals surface area contributed by atoms with Crippen LogP contribution in [-0.2, 0) is 23.8 Å². The average Bonchev–Trinajstić information content (AvgIpc) is 3.47. The van der Waals surface area contributed by atoms with Crippen LogP contribution in [0.15, 0.2) is 36.5 Å². The van der Waals surface area contributed by atoms with Gasteiger partial charge in [-0.3, -0.25) is 9.59 Å². The molecule has 0 bridgehead atoms. The monoisotopic (exact) mass is 1120 g/mol. The van der Waals surface area contributed by atoms with Gasteiger partial charge in [0.25, 0.3) is 0 Å². The van der Waals surface area contributed by atoms with Crippen molar-refractivity contribution < 1.29 is 49.3 Å². The van der Waals surface area contributed by atoms with Crippen molar-refractivity contribution in [2.75, 3.05) is 19.8 Å². The van der Waals surface area contributed by atoms with Gasteiger partial charge in [-0.1, -0.05) is 269 Å². The fourth-order valence-electron chi connectivity index (χ4n) is 10.6. The van der Waals surface area contributed by atoms with E-state index in [0.717, 1.165) is 57.8 Å². The molecule has 1 rings (SSSR count). The number of amides is 1. The van der Waals surface area contributed by atoms with E-state index in [4.69, 9.17) is 14.2 Å². The first-order chi connectivity index (χ1) is 38.7. The molecule has 1 amide bonds. The molecule has 11 nitrogen and oxygen atoms in total. The SMILES string of the molecule is CCCC/C=C\CCCCCCCC(=O)OCCCCCCCCCCCCCC/C=C\CCCCCCCCCCCCCCC(=O)NC(COC1OC(CO)C(O)C(O)C1O)C(O)/C=C/CCCCCCCCCCCC. The molecule has 1 aliphatic rings. The Hall–Kier alpha value is -2.12. The lowest BCUT2D eigenvalue weighted by Crippen LogP contribution is -2.60. The smallest absolute Gasteiger partial charge is 0.305 e. The van der Waals surface area contributed by atoms with Crippen LogP contribution in [0.4, 0.5) is 0 Å². The molecule has 7 unspecified atom stereocenters. The van der Waals surface area contributed by atoms with Crippen LogP contribution in [0.3, 0.4) is 0 Å². The Morgan fingerprint density at radius 3 is 1.25 bits per heavy atom. The standard InChI is InChI=1S/C68H127NO10/c1-3-5-7-9-11-13-15-35-38-42-46-50-54-61(71)60(59-78-68-67(76)66(75)65(74)62(58-70)79-68)69-63(72)55-51-47-43-39-36-32-30-28-26-24-22-20-18-16-17-19-21-23-25-27-29-31-33-37-41-45-49-53-57-77-64(73)56-52-48-44-40-34-14-12-10-8-6-4-2/h10,12,16-17,50,54,60-62,65-68,70-71,74-76H,3-9,11,13-15,18-49,51-53,55-59H2,1-2H3,(H,69,72)/b12-10-,17-16-,54-50+. The summed E-state index contributed by atoms with van der Waals surface area (Å²) in [5.41, 5.74) is 0. The van der Waals surface area contributed by atoms with Crippen LogP contribution in [0.1, 0.15) is 322 Å². The summed E-state index contributed by atoms with van der Waals surface area (Å²) in [4.78, 5) is 25.1. The molecule has 1 saturated heterocycles. The van der Waals surface area contributed by atoms with E-state index in [0.29, 0.717) is 19.4 Å². The summed E-state index contributed by atoms with van der Waals surface area (Å²) in [6.07, 6.45) is 62.6. The van der Waals surface area contributed by atoms with Gasteiger partial charge >= 0.3 is 5.97 Å². The van der Waals surface area contributed by atoms with Gasteiger partial charge in [-0.25, -0.2) is 0 Å². The van der Waals surface area contributed by atoms with Crippen molar-refractivity contribution in [1.82, 2.24) is 5.32 Å². The number of allylic oxidation sites excluding steroid dienone is 5. The number of esters is 1.